The Bertz CT molecular complexity index is 614. The second-order valence-electron chi connectivity index (χ2n) is 7.87. The van der Waals surface area contributed by atoms with E-state index in [4.69, 9.17) is 9.84 Å². The third-order valence-corrected chi connectivity index (χ3v) is 6.38. The van der Waals surface area contributed by atoms with Crippen molar-refractivity contribution in [3.63, 3.8) is 0 Å². The number of hydrogen-bond donors (Lipinski definition) is 2. The fraction of sp³-hybridized carbons (Fsp3) is 0.778. The third kappa shape index (κ3) is 2.90. The Morgan fingerprint density at radius 1 is 1.00 bits per heavy atom. The number of rotatable bonds is 5. The van der Waals surface area contributed by atoms with Gasteiger partial charge in [-0.15, -0.1) is 0 Å². The van der Waals surface area contributed by atoms with Crippen molar-refractivity contribution in [1.29, 1.82) is 0 Å². The van der Waals surface area contributed by atoms with E-state index in [0.717, 1.165) is 12.8 Å². The molecule has 4 fully saturated rings. The molecule has 4 atom stereocenters. The highest BCUT2D eigenvalue weighted by Gasteiger charge is 2.62. The highest BCUT2D eigenvalue weighted by molar-refractivity contribution is 6.06. The molecule has 3 heterocycles. The molecule has 4 unspecified atom stereocenters. The van der Waals surface area contributed by atoms with Gasteiger partial charge < -0.3 is 15.2 Å². The van der Waals surface area contributed by atoms with E-state index in [1.165, 1.54) is 4.90 Å². The Balaban J connectivity index is 1.26. The maximum absolute atomic E-state index is 12.5. The zero-order chi connectivity index (χ0) is 18.4. The molecule has 0 aromatic carbocycles. The van der Waals surface area contributed by atoms with Crippen LogP contribution in [-0.2, 0) is 23.9 Å². The fourth-order valence-corrected chi connectivity index (χ4v) is 4.99. The number of carbonyl (C=O) groups is 4. The van der Waals surface area contributed by atoms with Gasteiger partial charge in [0.15, 0.2) is 0 Å². The Kier molecular flexibility index (Phi) is 4.46. The number of carbonyl (C=O) groups excluding carboxylic acids is 3. The monoisotopic (exact) mass is 364 g/mol. The van der Waals surface area contributed by atoms with Crippen molar-refractivity contribution >= 4 is 23.7 Å². The Morgan fingerprint density at radius 3 is 2.12 bits per heavy atom. The predicted octanol–water partition coefficient (Wildman–Crippen LogP) is 0.299. The van der Waals surface area contributed by atoms with Crippen LogP contribution in [0.5, 0.6) is 0 Å². The molecule has 0 aromatic heterocycles. The van der Waals surface area contributed by atoms with Crippen molar-refractivity contribution in [2.75, 3.05) is 6.54 Å². The normalized spacial score (nSPS) is 38.5. The molecule has 4 aliphatic rings. The van der Waals surface area contributed by atoms with Crippen LogP contribution in [0.2, 0.25) is 0 Å². The molecule has 0 aromatic rings. The first kappa shape index (κ1) is 17.5. The minimum Gasteiger partial charge on any atom is -0.481 e. The average Bonchev–Trinajstić information content (AvgIpc) is 3.28. The van der Waals surface area contributed by atoms with Crippen molar-refractivity contribution in [2.24, 2.45) is 17.8 Å². The molecule has 8 nitrogen and oxygen atoms in total. The van der Waals surface area contributed by atoms with E-state index in [1.54, 1.807) is 0 Å². The molecule has 2 bridgehead atoms. The lowest BCUT2D eigenvalue weighted by Crippen LogP contribution is -2.41. The SMILES string of the molecule is O=C(CCN1C(=O)C2C3CCC(O3)C2C1=O)NC1CCC(C(=O)O)CC1. The molecule has 0 radical (unpaired) electrons. The van der Waals surface area contributed by atoms with Crippen LogP contribution in [0, 0.1) is 17.8 Å². The van der Waals surface area contributed by atoms with E-state index >= 15 is 0 Å². The van der Waals surface area contributed by atoms with Crippen molar-refractivity contribution in [3.05, 3.63) is 0 Å². The van der Waals surface area contributed by atoms with Crippen LogP contribution < -0.4 is 5.32 Å². The lowest BCUT2D eigenvalue weighted by molar-refractivity contribution is -0.144. The number of imide groups is 1. The van der Waals surface area contributed by atoms with Crippen LogP contribution in [0.3, 0.4) is 0 Å². The fourth-order valence-electron chi connectivity index (χ4n) is 4.99. The first-order valence-corrected chi connectivity index (χ1v) is 9.48. The molecule has 3 amide bonds. The van der Waals surface area contributed by atoms with Crippen molar-refractivity contribution in [2.45, 2.75) is 63.2 Å². The molecule has 4 rings (SSSR count). The van der Waals surface area contributed by atoms with E-state index in [9.17, 15) is 19.2 Å². The number of carboxylic acids is 1. The third-order valence-electron chi connectivity index (χ3n) is 6.38. The van der Waals surface area contributed by atoms with Gasteiger partial charge in [-0.2, -0.15) is 0 Å². The maximum atomic E-state index is 12.5. The van der Waals surface area contributed by atoms with E-state index < -0.39 is 5.97 Å². The number of hydrogen-bond acceptors (Lipinski definition) is 5. The van der Waals surface area contributed by atoms with Gasteiger partial charge in [-0.25, -0.2) is 0 Å². The van der Waals surface area contributed by atoms with Gasteiger partial charge in [0.2, 0.25) is 17.7 Å². The molecule has 0 spiro atoms. The van der Waals surface area contributed by atoms with Crippen LogP contribution >= 0.6 is 0 Å². The molecule has 2 N–H and O–H groups in total. The second-order valence-corrected chi connectivity index (χ2v) is 7.87. The average molecular weight is 364 g/mol. The Labute approximate surface area is 151 Å². The number of fused-ring (bicyclic) bond motifs is 5. The summed E-state index contributed by atoms with van der Waals surface area (Å²) in [5.74, 6) is -2.37. The summed E-state index contributed by atoms with van der Waals surface area (Å²) in [6, 6.07) is -0.0216. The van der Waals surface area contributed by atoms with Crippen LogP contribution in [0.1, 0.15) is 44.9 Å². The highest BCUT2D eigenvalue weighted by atomic mass is 16.5. The van der Waals surface area contributed by atoms with E-state index in [1.807, 2.05) is 0 Å². The Hall–Kier alpha value is -1.96. The molecular formula is C18H24N2O6. The van der Waals surface area contributed by atoms with Gasteiger partial charge in [-0.1, -0.05) is 0 Å². The largest absolute Gasteiger partial charge is 0.481 e. The van der Waals surface area contributed by atoms with Crippen LogP contribution in [0.4, 0.5) is 0 Å². The molecule has 8 heteroatoms. The van der Waals surface area contributed by atoms with Gasteiger partial charge in [-0.3, -0.25) is 24.1 Å². The van der Waals surface area contributed by atoms with Crippen LogP contribution in [-0.4, -0.2) is 58.5 Å². The molecule has 3 saturated heterocycles. The van der Waals surface area contributed by atoms with E-state index in [2.05, 4.69) is 5.32 Å². The topological polar surface area (TPSA) is 113 Å². The molecular weight excluding hydrogens is 340 g/mol. The Morgan fingerprint density at radius 2 is 1.58 bits per heavy atom. The number of ether oxygens (including phenoxy) is 1. The maximum Gasteiger partial charge on any atom is 0.306 e. The summed E-state index contributed by atoms with van der Waals surface area (Å²) in [6.45, 7) is 0.112. The molecule has 1 aliphatic carbocycles. The van der Waals surface area contributed by atoms with Gasteiger partial charge in [0, 0.05) is 19.0 Å². The van der Waals surface area contributed by atoms with E-state index in [0.29, 0.717) is 25.7 Å². The summed E-state index contributed by atoms with van der Waals surface area (Å²) >= 11 is 0. The van der Waals surface area contributed by atoms with Crippen molar-refractivity contribution < 1.29 is 29.0 Å². The van der Waals surface area contributed by atoms with E-state index in [-0.39, 0.29) is 66.7 Å². The summed E-state index contributed by atoms with van der Waals surface area (Å²) in [5.41, 5.74) is 0. The number of aliphatic carboxylic acids is 1. The number of likely N-dealkylation sites (tertiary alicyclic amines) is 1. The number of amides is 3. The van der Waals surface area contributed by atoms with Gasteiger partial charge in [0.1, 0.15) is 0 Å². The zero-order valence-electron chi connectivity index (χ0n) is 14.6. The first-order valence-electron chi connectivity index (χ1n) is 9.48. The number of nitrogens with zero attached hydrogens (tertiary/aromatic N) is 1. The standard InChI is InChI=1S/C18H24N2O6/c21-13(19-10-3-1-9(2-4-10)18(24)25)7-8-20-16(22)14-11-5-6-12(26-11)15(14)17(20)23/h9-12,14-15H,1-8H2,(H,19,21)(H,24,25). The lowest BCUT2D eigenvalue weighted by atomic mass is 9.81. The predicted molar refractivity (Wildman–Crippen MR) is 87.7 cm³/mol. The minimum atomic E-state index is -0.774. The molecule has 26 heavy (non-hydrogen) atoms. The number of carboxylic acid groups (broad SMARTS) is 1. The van der Waals surface area contributed by atoms with Gasteiger partial charge in [0.25, 0.3) is 0 Å². The van der Waals surface area contributed by atoms with Crippen molar-refractivity contribution in [1.82, 2.24) is 10.2 Å². The summed E-state index contributed by atoms with van der Waals surface area (Å²) in [5, 5.41) is 11.9. The van der Waals surface area contributed by atoms with Gasteiger partial charge >= 0.3 is 5.97 Å². The highest BCUT2D eigenvalue weighted by Crippen LogP contribution is 2.48. The van der Waals surface area contributed by atoms with Crippen LogP contribution in [0.15, 0.2) is 0 Å². The molecule has 1 saturated carbocycles. The summed E-state index contributed by atoms with van der Waals surface area (Å²) in [7, 11) is 0. The molecule has 3 aliphatic heterocycles. The second kappa shape index (κ2) is 6.64. The summed E-state index contributed by atoms with van der Waals surface area (Å²) in [6.07, 6.45) is 3.91. The smallest absolute Gasteiger partial charge is 0.306 e. The quantitative estimate of drug-likeness (QED) is 0.679. The zero-order valence-corrected chi connectivity index (χ0v) is 14.6. The summed E-state index contributed by atoms with van der Waals surface area (Å²) < 4.78 is 5.69. The number of nitrogens with one attached hydrogen (secondary N) is 1. The molecule has 142 valence electrons. The minimum absolute atomic E-state index is 0.0216. The summed E-state index contributed by atoms with van der Waals surface area (Å²) in [4.78, 5) is 49.4. The van der Waals surface area contributed by atoms with Gasteiger partial charge in [-0.05, 0) is 38.5 Å². The lowest BCUT2D eigenvalue weighted by Gasteiger charge is -2.27. The van der Waals surface area contributed by atoms with Crippen molar-refractivity contribution in [3.8, 4) is 0 Å². The van der Waals surface area contributed by atoms with Crippen LogP contribution in [0.25, 0.3) is 0 Å². The van der Waals surface area contributed by atoms with Gasteiger partial charge in [0.05, 0.1) is 30.0 Å². The first-order chi connectivity index (χ1) is 12.5.